The number of carbonyl (C=O) groups is 2. The van der Waals surface area contributed by atoms with Crippen molar-refractivity contribution in [2.75, 3.05) is 0 Å². The zero-order chi connectivity index (χ0) is 20.5. The average Bonchev–Trinajstić information content (AvgIpc) is 3.26. The second-order valence-electron chi connectivity index (χ2n) is 6.34. The topological polar surface area (TPSA) is 62.6 Å². The predicted molar refractivity (Wildman–Crippen MR) is 108 cm³/mol. The van der Waals surface area contributed by atoms with Crippen molar-refractivity contribution in [2.24, 2.45) is 0 Å². The van der Waals surface area contributed by atoms with Crippen LogP contribution in [-0.4, -0.2) is 16.8 Å². The van der Waals surface area contributed by atoms with Crippen LogP contribution in [0.15, 0.2) is 64.7 Å². The molecule has 3 aromatic rings. The summed E-state index contributed by atoms with van der Waals surface area (Å²) in [6, 6.07) is 13.5. The lowest BCUT2D eigenvalue weighted by Crippen LogP contribution is -2.30. The van der Waals surface area contributed by atoms with Gasteiger partial charge in [-0.15, -0.1) is 0 Å². The molecule has 0 unspecified atom stereocenters. The van der Waals surface area contributed by atoms with Crippen LogP contribution in [0.3, 0.4) is 0 Å². The zero-order valence-electron chi connectivity index (χ0n) is 14.8. The van der Waals surface area contributed by atoms with E-state index in [-0.39, 0.29) is 18.1 Å². The molecule has 1 N–H and O–H groups in total. The Morgan fingerprint density at radius 1 is 1.00 bits per heavy atom. The molecule has 0 radical (unpaired) electrons. The molecule has 4 rings (SSSR count). The number of carbonyl (C=O) groups excluding carboxylic acids is 2. The summed E-state index contributed by atoms with van der Waals surface area (Å²) in [6.07, 6.45) is 1.45. The zero-order valence-corrected chi connectivity index (χ0v) is 16.3. The van der Waals surface area contributed by atoms with Crippen LogP contribution in [0.5, 0.6) is 0 Å². The number of benzene rings is 2. The maximum Gasteiger partial charge on any atom is 0.329 e. The molecule has 0 bridgehead atoms. The van der Waals surface area contributed by atoms with Crippen molar-refractivity contribution in [3.63, 3.8) is 0 Å². The third-order valence-electron chi connectivity index (χ3n) is 4.33. The largest absolute Gasteiger partial charge is 0.457 e. The Balaban J connectivity index is 1.53. The molecule has 0 atom stereocenters. The van der Waals surface area contributed by atoms with Crippen LogP contribution >= 0.6 is 23.2 Å². The fraction of sp³-hybridized carbons (Fsp3) is 0.0476. The van der Waals surface area contributed by atoms with Gasteiger partial charge in [-0.1, -0.05) is 35.3 Å². The van der Waals surface area contributed by atoms with Crippen molar-refractivity contribution < 1.29 is 18.4 Å². The van der Waals surface area contributed by atoms with Crippen LogP contribution in [0.4, 0.5) is 9.18 Å². The van der Waals surface area contributed by atoms with Crippen LogP contribution in [0.25, 0.3) is 17.4 Å². The van der Waals surface area contributed by atoms with E-state index in [2.05, 4.69) is 5.32 Å². The summed E-state index contributed by atoms with van der Waals surface area (Å²) in [7, 11) is 0. The lowest BCUT2D eigenvalue weighted by molar-refractivity contribution is -0.123. The number of urea groups is 1. The van der Waals surface area contributed by atoms with Crippen molar-refractivity contribution in [1.82, 2.24) is 10.2 Å². The average molecular weight is 431 g/mol. The Kier molecular flexibility index (Phi) is 5.13. The van der Waals surface area contributed by atoms with Gasteiger partial charge in [0.1, 0.15) is 23.0 Å². The van der Waals surface area contributed by atoms with E-state index in [9.17, 15) is 14.0 Å². The number of furan rings is 1. The number of imide groups is 1. The van der Waals surface area contributed by atoms with E-state index >= 15 is 0 Å². The summed E-state index contributed by atoms with van der Waals surface area (Å²) in [5.41, 5.74) is 1.45. The third kappa shape index (κ3) is 4.04. The number of rotatable bonds is 4. The maximum atomic E-state index is 13.0. The number of hydrogen-bond donors (Lipinski definition) is 1. The molecule has 8 heteroatoms. The molecule has 0 spiro atoms. The van der Waals surface area contributed by atoms with Crippen molar-refractivity contribution in [3.05, 3.63) is 87.5 Å². The molecule has 1 aliphatic heterocycles. The van der Waals surface area contributed by atoms with Crippen LogP contribution in [-0.2, 0) is 11.3 Å². The molecule has 29 heavy (non-hydrogen) atoms. The van der Waals surface area contributed by atoms with Crippen LogP contribution in [0.2, 0.25) is 10.0 Å². The van der Waals surface area contributed by atoms with E-state index in [1.165, 1.54) is 30.3 Å². The number of halogens is 3. The van der Waals surface area contributed by atoms with Gasteiger partial charge in [0.2, 0.25) is 0 Å². The van der Waals surface area contributed by atoms with Crippen molar-refractivity contribution in [1.29, 1.82) is 0 Å². The smallest absolute Gasteiger partial charge is 0.329 e. The van der Waals surface area contributed by atoms with Gasteiger partial charge in [0, 0.05) is 11.6 Å². The van der Waals surface area contributed by atoms with Gasteiger partial charge in [-0.25, -0.2) is 9.18 Å². The SMILES string of the molecule is O=C1N/C(=C\c2ccc(-c3ccc(Cl)c(Cl)c3)o2)C(=O)N1Cc1ccc(F)cc1. The second-order valence-corrected chi connectivity index (χ2v) is 7.15. The van der Waals surface area contributed by atoms with E-state index in [1.807, 2.05) is 0 Å². The highest BCUT2D eigenvalue weighted by Crippen LogP contribution is 2.30. The molecule has 1 saturated heterocycles. The van der Waals surface area contributed by atoms with E-state index in [1.54, 1.807) is 30.3 Å². The monoisotopic (exact) mass is 430 g/mol. The number of amides is 3. The summed E-state index contributed by atoms with van der Waals surface area (Å²) in [4.78, 5) is 25.8. The Hall–Kier alpha value is -3.09. The standard InChI is InChI=1S/C21H13Cl2FN2O3/c22-16-7-3-13(9-17(16)23)19-8-6-15(29-19)10-18-20(27)26(21(28)25-18)11-12-1-4-14(24)5-2-12/h1-10H,11H2,(H,25,28)/b18-10-. The Bertz CT molecular complexity index is 1140. The lowest BCUT2D eigenvalue weighted by atomic mass is 10.2. The van der Waals surface area contributed by atoms with Gasteiger partial charge < -0.3 is 9.73 Å². The molecular formula is C21H13Cl2FN2O3. The van der Waals surface area contributed by atoms with Gasteiger partial charge in [-0.2, -0.15) is 0 Å². The van der Waals surface area contributed by atoms with Gasteiger partial charge in [0.25, 0.3) is 5.91 Å². The van der Waals surface area contributed by atoms with Crippen molar-refractivity contribution >= 4 is 41.2 Å². The van der Waals surface area contributed by atoms with E-state index in [0.29, 0.717) is 27.1 Å². The Labute approximate surface area is 175 Å². The quantitative estimate of drug-likeness (QED) is 0.439. The van der Waals surface area contributed by atoms with Crippen molar-refractivity contribution in [2.45, 2.75) is 6.54 Å². The van der Waals surface area contributed by atoms with Gasteiger partial charge in [0.15, 0.2) is 0 Å². The van der Waals surface area contributed by atoms with E-state index < -0.39 is 11.9 Å². The molecule has 3 amide bonds. The molecule has 1 aromatic heterocycles. The number of nitrogens with one attached hydrogen (secondary N) is 1. The molecule has 2 aromatic carbocycles. The number of hydrogen-bond acceptors (Lipinski definition) is 3. The molecule has 2 heterocycles. The molecule has 1 fully saturated rings. The van der Waals surface area contributed by atoms with Crippen LogP contribution in [0, 0.1) is 5.82 Å². The van der Waals surface area contributed by atoms with Crippen LogP contribution in [0.1, 0.15) is 11.3 Å². The highest BCUT2D eigenvalue weighted by atomic mass is 35.5. The fourth-order valence-electron chi connectivity index (χ4n) is 2.86. The summed E-state index contributed by atoms with van der Waals surface area (Å²) >= 11 is 12.0. The Morgan fingerprint density at radius 3 is 2.48 bits per heavy atom. The van der Waals surface area contributed by atoms with Gasteiger partial charge in [-0.05, 0) is 48.0 Å². The van der Waals surface area contributed by atoms with Crippen molar-refractivity contribution in [3.8, 4) is 11.3 Å². The molecule has 1 aliphatic rings. The molecular weight excluding hydrogens is 418 g/mol. The van der Waals surface area contributed by atoms with Gasteiger partial charge in [-0.3, -0.25) is 9.69 Å². The molecule has 5 nitrogen and oxygen atoms in total. The highest BCUT2D eigenvalue weighted by molar-refractivity contribution is 6.42. The predicted octanol–water partition coefficient (Wildman–Crippen LogP) is 5.49. The molecule has 146 valence electrons. The summed E-state index contributed by atoms with van der Waals surface area (Å²) in [5, 5.41) is 3.36. The normalized spacial score (nSPS) is 15.3. The Morgan fingerprint density at radius 2 is 1.76 bits per heavy atom. The first-order chi connectivity index (χ1) is 13.9. The second kappa shape index (κ2) is 7.73. The maximum absolute atomic E-state index is 13.0. The summed E-state index contributed by atoms with van der Waals surface area (Å²) in [6.45, 7) is 0.0367. The minimum atomic E-state index is -0.554. The van der Waals surface area contributed by atoms with Crippen LogP contribution < -0.4 is 5.32 Å². The minimum absolute atomic E-state index is 0.0367. The van der Waals surface area contributed by atoms with Gasteiger partial charge >= 0.3 is 6.03 Å². The lowest BCUT2D eigenvalue weighted by Gasteiger charge is -2.11. The summed E-state index contributed by atoms with van der Waals surface area (Å²) in [5.74, 6) is 0.0441. The number of nitrogens with zero attached hydrogens (tertiary/aromatic N) is 1. The highest BCUT2D eigenvalue weighted by Gasteiger charge is 2.33. The first-order valence-corrected chi connectivity index (χ1v) is 9.30. The minimum Gasteiger partial charge on any atom is -0.457 e. The first-order valence-electron chi connectivity index (χ1n) is 8.55. The molecule has 0 aliphatic carbocycles. The van der Waals surface area contributed by atoms with Gasteiger partial charge in [0.05, 0.1) is 16.6 Å². The third-order valence-corrected chi connectivity index (χ3v) is 5.07. The van der Waals surface area contributed by atoms with E-state index in [4.69, 9.17) is 27.6 Å². The van der Waals surface area contributed by atoms with E-state index in [0.717, 1.165) is 10.5 Å². The first kappa shape index (κ1) is 19.2. The molecule has 0 saturated carbocycles. The summed E-state index contributed by atoms with van der Waals surface area (Å²) < 4.78 is 18.8. The fourth-order valence-corrected chi connectivity index (χ4v) is 3.16.